The first-order valence-corrected chi connectivity index (χ1v) is 11.1. The highest BCUT2D eigenvalue weighted by molar-refractivity contribution is 8.00. The van der Waals surface area contributed by atoms with Gasteiger partial charge in [0.25, 0.3) is 0 Å². The molecule has 150 valence electrons. The Morgan fingerprint density at radius 2 is 2.03 bits per heavy atom. The summed E-state index contributed by atoms with van der Waals surface area (Å²) < 4.78 is 40.5. The van der Waals surface area contributed by atoms with Crippen molar-refractivity contribution in [3.63, 3.8) is 0 Å². The molecule has 0 aliphatic heterocycles. The minimum atomic E-state index is -4.70. The highest BCUT2D eigenvalue weighted by atomic mass is 32.2. The minimum absolute atomic E-state index is 0.107. The zero-order valence-corrected chi connectivity index (χ0v) is 17.4. The van der Waals surface area contributed by atoms with Gasteiger partial charge in [-0.2, -0.15) is 18.4 Å². The van der Waals surface area contributed by atoms with E-state index in [4.69, 9.17) is 0 Å². The average Bonchev–Trinajstić information content (AvgIpc) is 3.38. The van der Waals surface area contributed by atoms with Crippen LogP contribution in [0.5, 0.6) is 0 Å². The maximum Gasteiger partial charge on any atom is 0.417 e. The summed E-state index contributed by atoms with van der Waals surface area (Å²) in [6.07, 6.45) is -4.70. The number of amides is 1. The Labute approximate surface area is 177 Å². The lowest BCUT2D eigenvalue weighted by molar-refractivity contribution is -0.138. The maximum atomic E-state index is 13.5. The molecule has 1 amide bonds. The molecule has 0 aliphatic carbocycles. The molecule has 0 saturated carbocycles. The van der Waals surface area contributed by atoms with Crippen molar-refractivity contribution in [3.8, 4) is 16.6 Å². The number of thioether (sulfide) groups is 1. The van der Waals surface area contributed by atoms with Crippen molar-refractivity contribution in [3.05, 3.63) is 57.1 Å². The first-order chi connectivity index (χ1) is 13.8. The number of nitrogens with one attached hydrogen (secondary N) is 1. The fourth-order valence-corrected chi connectivity index (χ4v) is 4.77. The van der Waals surface area contributed by atoms with Crippen LogP contribution in [0.1, 0.15) is 29.0 Å². The summed E-state index contributed by atoms with van der Waals surface area (Å²) in [6.45, 7) is 1.83. The molecule has 3 rings (SSSR count). The minimum Gasteiger partial charge on any atom is -0.348 e. The zero-order chi connectivity index (χ0) is 21.0. The molecule has 0 aliphatic rings. The van der Waals surface area contributed by atoms with Crippen molar-refractivity contribution >= 4 is 40.3 Å². The van der Waals surface area contributed by atoms with Crippen LogP contribution in [-0.2, 0) is 11.0 Å². The van der Waals surface area contributed by atoms with Crippen molar-refractivity contribution in [1.82, 2.24) is 10.3 Å². The van der Waals surface area contributed by atoms with E-state index in [1.54, 1.807) is 23.6 Å². The standard InChI is InChI=1S/C19H14F3N3OS3/c1-11(15-4-2-6-27-15)24-17(26)10-29-18-12(9-23)13(19(20,21)22)8-14(25-18)16-5-3-7-28-16/h2-8,11H,10H2,1H3,(H,24,26). The predicted molar refractivity (Wildman–Crippen MR) is 109 cm³/mol. The van der Waals surface area contributed by atoms with Gasteiger partial charge < -0.3 is 5.32 Å². The predicted octanol–water partition coefficient (Wildman–Crippen LogP) is 5.73. The Bertz CT molecular complexity index is 1030. The van der Waals surface area contributed by atoms with E-state index in [1.165, 1.54) is 22.7 Å². The lowest BCUT2D eigenvalue weighted by Gasteiger charge is -2.15. The Kier molecular flexibility index (Phi) is 6.62. The van der Waals surface area contributed by atoms with Crippen LogP contribution in [-0.4, -0.2) is 16.6 Å². The molecule has 1 atom stereocenters. The summed E-state index contributed by atoms with van der Waals surface area (Å²) >= 11 is 3.57. The smallest absolute Gasteiger partial charge is 0.348 e. The molecule has 3 aromatic heterocycles. The highest BCUT2D eigenvalue weighted by Gasteiger charge is 2.36. The van der Waals surface area contributed by atoms with Gasteiger partial charge in [0.2, 0.25) is 5.91 Å². The van der Waals surface area contributed by atoms with Gasteiger partial charge in [0.05, 0.1) is 33.5 Å². The van der Waals surface area contributed by atoms with Crippen LogP contribution in [0.4, 0.5) is 13.2 Å². The van der Waals surface area contributed by atoms with Crippen LogP contribution in [0.25, 0.3) is 10.6 Å². The number of carbonyl (C=O) groups excluding carboxylic acids is 1. The number of nitriles is 1. The van der Waals surface area contributed by atoms with Gasteiger partial charge in [-0.25, -0.2) is 4.98 Å². The molecule has 0 saturated heterocycles. The number of pyridine rings is 1. The summed E-state index contributed by atoms with van der Waals surface area (Å²) in [5, 5.41) is 15.6. The summed E-state index contributed by atoms with van der Waals surface area (Å²) in [6, 6.07) is 9.39. The third-order valence-corrected chi connectivity index (χ3v) is 6.79. The van der Waals surface area contributed by atoms with E-state index in [1.807, 2.05) is 24.4 Å². The van der Waals surface area contributed by atoms with E-state index in [0.29, 0.717) is 4.88 Å². The van der Waals surface area contributed by atoms with Gasteiger partial charge in [0.15, 0.2) is 0 Å². The van der Waals surface area contributed by atoms with Gasteiger partial charge in [0.1, 0.15) is 11.1 Å². The Hall–Kier alpha value is -2.35. The molecular weight excluding hydrogens is 439 g/mol. The molecular formula is C19H14F3N3OS3. The summed E-state index contributed by atoms with van der Waals surface area (Å²) in [4.78, 5) is 18.0. The third kappa shape index (κ3) is 5.18. The summed E-state index contributed by atoms with van der Waals surface area (Å²) in [5.41, 5.74) is -1.49. The maximum absolute atomic E-state index is 13.5. The molecule has 0 spiro atoms. The number of alkyl halides is 3. The number of rotatable bonds is 6. The lowest BCUT2D eigenvalue weighted by atomic mass is 10.1. The Morgan fingerprint density at radius 1 is 1.31 bits per heavy atom. The van der Waals surface area contributed by atoms with Crippen molar-refractivity contribution in [1.29, 1.82) is 5.26 Å². The highest BCUT2D eigenvalue weighted by Crippen LogP contribution is 2.38. The van der Waals surface area contributed by atoms with Crippen LogP contribution in [0.15, 0.2) is 46.1 Å². The average molecular weight is 454 g/mol. The lowest BCUT2D eigenvalue weighted by Crippen LogP contribution is -2.27. The number of thiophene rings is 2. The normalized spacial score (nSPS) is 12.4. The molecule has 3 aromatic rings. The van der Waals surface area contributed by atoms with Gasteiger partial charge in [-0.1, -0.05) is 23.9 Å². The first kappa shape index (κ1) is 21.4. The molecule has 0 radical (unpaired) electrons. The molecule has 0 aromatic carbocycles. The molecule has 10 heteroatoms. The number of hydrogen-bond acceptors (Lipinski definition) is 6. The molecule has 1 N–H and O–H groups in total. The van der Waals surface area contributed by atoms with Crippen LogP contribution < -0.4 is 5.32 Å². The van der Waals surface area contributed by atoms with Gasteiger partial charge in [-0.15, -0.1) is 22.7 Å². The largest absolute Gasteiger partial charge is 0.417 e. The third-order valence-electron chi connectivity index (χ3n) is 3.86. The van der Waals surface area contributed by atoms with Crippen LogP contribution in [0.2, 0.25) is 0 Å². The Morgan fingerprint density at radius 3 is 2.62 bits per heavy atom. The summed E-state index contributed by atoms with van der Waals surface area (Å²) in [5.74, 6) is -0.501. The molecule has 3 heterocycles. The number of halogens is 3. The van der Waals surface area contributed by atoms with E-state index in [9.17, 15) is 23.2 Å². The molecule has 0 fully saturated rings. The van der Waals surface area contributed by atoms with Crippen LogP contribution in [0.3, 0.4) is 0 Å². The van der Waals surface area contributed by atoms with E-state index >= 15 is 0 Å². The van der Waals surface area contributed by atoms with E-state index < -0.39 is 17.3 Å². The van der Waals surface area contributed by atoms with Crippen molar-refractivity contribution in [2.45, 2.75) is 24.2 Å². The quantitative estimate of drug-likeness (QED) is 0.484. The monoisotopic (exact) mass is 453 g/mol. The van der Waals surface area contributed by atoms with Crippen molar-refractivity contribution in [2.24, 2.45) is 0 Å². The molecule has 1 unspecified atom stereocenters. The molecule has 4 nitrogen and oxygen atoms in total. The fourth-order valence-electron chi connectivity index (χ4n) is 2.53. The van der Waals surface area contributed by atoms with Crippen molar-refractivity contribution < 1.29 is 18.0 Å². The number of hydrogen-bond donors (Lipinski definition) is 1. The number of nitrogens with zero attached hydrogens (tertiary/aromatic N) is 2. The second-order valence-electron chi connectivity index (χ2n) is 5.92. The van der Waals surface area contributed by atoms with Gasteiger partial charge in [-0.05, 0) is 35.9 Å². The zero-order valence-electron chi connectivity index (χ0n) is 15.0. The Balaban J connectivity index is 1.84. The molecule has 0 bridgehead atoms. The number of aromatic nitrogens is 1. The fraction of sp³-hybridized carbons (Fsp3) is 0.211. The number of carbonyl (C=O) groups is 1. The van der Waals surface area contributed by atoms with Gasteiger partial charge in [0, 0.05) is 4.88 Å². The van der Waals surface area contributed by atoms with Gasteiger partial charge >= 0.3 is 6.18 Å². The SMILES string of the molecule is CC(NC(=O)CSc1nc(-c2cccs2)cc(C(F)(F)F)c1C#N)c1cccs1. The van der Waals surface area contributed by atoms with Crippen molar-refractivity contribution in [2.75, 3.05) is 5.75 Å². The van der Waals surface area contributed by atoms with E-state index in [2.05, 4.69) is 10.3 Å². The topological polar surface area (TPSA) is 65.8 Å². The summed E-state index contributed by atoms with van der Waals surface area (Å²) in [7, 11) is 0. The van der Waals surface area contributed by atoms with E-state index in [-0.39, 0.29) is 28.4 Å². The van der Waals surface area contributed by atoms with Crippen LogP contribution >= 0.6 is 34.4 Å². The van der Waals surface area contributed by atoms with Crippen LogP contribution in [0, 0.1) is 11.3 Å². The molecule has 29 heavy (non-hydrogen) atoms. The van der Waals surface area contributed by atoms with Gasteiger partial charge in [-0.3, -0.25) is 4.79 Å². The van der Waals surface area contributed by atoms with E-state index in [0.717, 1.165) is 22.7 Å². The second kappa shape index (κ2) is 8.98. The second-order valence-corrected chi connectivity index (χ2v) is 8.81. The first-order valence-electron chi connectivity index (χ1n) is 8.31.